The second kappa shape index (κ2) is 7.22. The van der Waals surface area contributed by atoms with Gasteiger partial charge in [-0.3, -0.25) is 5.10 Å². The number of nitrogens with zero attached hydrogens (tertiary/aromatic N) is 1. The molecule has 0 saturated carbocycles. The van der Waals surface area contributed by atoms with Crippen LogP contribution in [0.15, 0.2) is 42.6 Å². The summed E-state index contributed by atoms with van der Waals surface area (Å²) in [5, 5.41) is 30.4. The highest BCUT2D eigenvalue weighted by Gasteiger charge is 2.56. The lowest BCUT2D eigenvalue weighted by Crippen LogP contribution is -2.53. The van der Waals surface area contributed by atoms with Gasteiger partial charge in [-0.1, -0.05) is 32.0 Å². The number of aliphatic hydroxyl groups is 1. The first-order valence-electron chi connectivity index (χ1n) is 8.88. The van der Waals surface area contributed by atoms with Crippen molar-refractivity contribution in [1.82, 2.24) is 10.2 Å². The normalized spacial score (nSPS) is 14.7. The number of anilines is 1. The van der Waals surface area contributed by atoms with Gasteiger partial charge in [-0.25, -0.2) is 4.39 Å². The van der Waals surface area contributed by atoms with Crippen LogP contribution < -0.4 is 5.32 Å². The highest BCUT2D eigenvalue weighted by Crippen LogP contribution is 2.44. The standard InChI is InChI=1S/C20H21F4N3O2/c1-18(2,13-5-3-6-14(21)17(13)28)10-19(29,20(22,23)24)11-25-15-7-4-8-16-12(15)9-26-27-16/h3-9,25,28-29H,10-11H2,1-2H3,(H,26,27). The van der Waals surface area contributed by atoms with Crippen LogP contribution in [-0.4, -0.2) is 38.7 Å². The van der Waals surface area contributed by atoms with Gasteiger partial charge in [-0.15, -0.1) is 0 Å². The highest BCUT2D eigenvalue weighted by atomic mass is 19.4. The zero-order valence-electron chi connectivity index (χ0n) is 15.8. The first kappa shape index (κ1) is 20.9. The number of hydrogen-bond donors (Lipinski definition) is 4. The lowest BCUT2D eigenvalue weighted by atomic mass is 9.74. The molecule has 5 nitrogen and oxygen atoms in total. The molecular weight excluding hydrogens is 390 g/mol. The van der Waals surface area contributed by atoms with Crippen LogP contribution in [0.5, 0.6) is 5.75 Å². The van der Waals surface area contributed by atoms with E-state index >= 15 is 0 Å². The van der Waals surface area contributed by atoms with Gasteiger partial charge in [0.15, 0.2) is 17.2 Å². The van der Waals surface area contributed by atoms with Crippen molar-refractivity contribution in [3.05, 3.63) is 54.0 Å². The van der Waals surface area contributed by atoms with Crippen LogP contribution in [0.4, 0.5) is 23.2 Å². The minimum atomic E-state index is -4.97. The van der Waals surface area contributed by atoms with E-state index in [4.69, 9.17) is 0 Å². The van der Waals surface area contributed by atoms with E-state index in [0.717, 1.165) is 6.07 Å². The largest absolute Gasteiger partial charge is 0.505 e. The predicted molar refractivity (Wildman–Crippen MR) is 101 cm³/mol. The summed E-state index contributed by atoms with van der Waals surface area (Å²) in [6, 6.07) is 8.60. The minimum Gasteiger partial charge on any atom is -0.505 e. The molecule has 0 aliphatic carbocycles. The number of aromatic amines is 1. The van der Waals surface area contributed by atoms with Crippen molar-refractivity contribution in [1.29, 1.82) is 0 Å². The first-order valence-corrected chi connectivity index (χ1v) is 8.88. The molecule has 0 aliphatic heterocycles. The lowest BCUT2D eigenvalue weighted by Gasteiger charge is -2.38. The molecule has 0 fully saturated rings. The van der Waals surface area contributed by atoms with Gasteiger partial charge in [0.1, 0.15) is 0 Å². The maximum Gasteiger partial charge on any atom is 0.418 e. The fraction of sp³-hybridized carbons (Fsp3) is 0.350. The zero-order valence-corrected chi connectivity index (χ0v) is 15.8. The van der Waals surface area contributed by atoms with E-state index in [-0.39, 0.29) is 5.56 Å². The number of para-hydroxylation sites is 1. The number of hydrogen-bond acceptors (Lipinski definition) is 4. The van der Waals surface area contributed by atoms with Gasteiger partial charge in [0, 0.05) is 16.6 Å². The molecule has 0 radical (unpaired) electrons. The molecule has 1 aromatic heterocycles. The second-order valence-corrected chi connectivity index (χ2v) is 7.72. The van der Waals surface area contributed by atoms with Crippen molar-refractivity contribution < 1.29 is 27.8 Å². The molecule has 3 aromatic rings. The number of aromatic hydroxyl groups is 1. The van der Waals surface area contributed by atoms with E-state index in [1.54, 1.807) is 18.2 Å². The number of nitrogens with one attached hydrogen (secondary N) is 2. The first-order chi connectivity index (χ1) is 13.4. The van der Waals surface area contributed by atoms with Crippen molar-refractivity contribution in [2.75, 3.05) is 11.9 Å². The SMILES string of the molecule is CC(C)(CC(O)(CNc1cccc2[nH]ncc12)C(F)(F)F)c1cccc(F)c1O. The van der Waals surface area contributed by atoms with Gasteiger partial charge < -0.3 is 15.5 Å². The fourth-order valence-corrected chi connectivity index (χ4v) is 3.51. The average Bonchev–Trinajstić information content (AvgIpc) is 3.10. The Morgan fingerprint density at radius 3 is 2.48 bits per heavy atom. The molecule has 2 aromatic carbocycles. The van der Waals surface area contributed by atoms with Crippen LogP contribution in [0.1, 0.15) is 25.8 Å². The number of fused-ring (bicyclic) bond motifs is 1. The molecule has 9 heteroatoms. The smallest absolute Gasteiger partial charge is 0.418 e. The Morgan fingerprint density at radius 1 is 1.10 bits per heavy atom. The molecule has 3 rings (SSSR count). The number of phenols is 1. The molecule has 1 heterocycles. The predicted octanol–water partition coefficient (Wildman–Crippen LogP) is 4.48. The second-order valence-electron chi connectivity index (χ2n) is 7.72. The van der Waals surface area contributed by atoms with E-state index < -0.39 is 41.7 Å². The summed E-state index contributed by atoms with van der Waals surface area (Å²) in [6.07, 6.45) is -4.29. The molecule has 156 valence electrons. The molecule has 0 spiro atoms. The van der Waals surface area contributed by atoms with E-state index in [9.17, 15) is 27.8 Å². The van der Waals surface area contributed by atoms with Gasteiger partial charge in [0.25, 0.3) is 0 Å². The van der Waals surface area contributed by atoms with Crippen LogP contribution in [-0.2, 0) is 5.41 Å². The Kier molecular flexibility index (Phi) is 5.20. The van der Waals surface area contributed by atoms with Gasteiger partial charge in [0.05, 0.1) is 18.3 Å². The van der Waals surface area contributed by atoms with Crippen LogP contribution in [0.25, 0.3) is 10.9 Å². The van der Waals surface area contributed by atoms with E-state index in [0.29, 0.717) is 16.6 Å². The van der Waals surface area contributed by atoms with Crippen molar-refractivity contribution in [2.24, 2.45) is 0 Å². The molecule has 4 N–H and O–H groups in total. The summed E-state index contributed by atoms with van der Waals surface area (Å²) < 4.78 is 55.2. The number of halogens is 4. The van der Waals surface area contributed by atoms with Crippen LogP contribution >= 0.6 is 0 Å². The van der Waals surface area contributed by atoms with Gasteiger partial charge >= 0.3 is 6.18 Å². The van der Waals surface area contributed by atoms with Crippen LogP contribution in [0.3, 0.4) is 0 Å². The quantitative estimate of drug-likeness (QED) is 0.451. The number of H-pyrrole nitrogens is 1. The zero-order chi connectivity index (χ0) is 21.4. The number of rotatable bonds is 6. The number of benzene rings is 2. The maximum absolute atomic E-state index is 13.8. The molecular formula is C20H21F4N3O2. The van der Waals surface area contributed by atoms with Crippen molar-refractivity contribution in [3.8, 4) is 5.75 Å². The summed E-state index contributed by atoms with van der Waals surface area (Å²) in [4.78, 5) is 0. The molecule has 29 heavy (non-hydrogen) atoms. The third-order valence-electron chi connectivity index (χ3n) is 5.03. The molecule has 1 atom stereocenters. The van der Waals surface area contributed by atoms with E-state index in [1.807, 2.05) is 0 Å². The lowest BCUT2D eigenvalue weighted by molar-refractivity contribution is -0.260. The summed E-state index contributed by atoms with van der Waals surface area (Å²) in [5.41, 5.74) is -3.51. The van der Waals surface area contributed by atoms with E-state index in [1.165, 1.54) is 32.2 Å². The Hall–Kier alpha value is -2.81. The Bertz CT molecular complexity index is 1020. The molecule has 0 saturated heterocycles. The van der Waals surface area contributed by atoms with Crippen LogP contribution in [0, 0.1) is 5.82 Å². The van der Waals surface area contributed by atoms with Crippen molar-refractivity contribution in [3.63, 3.8) is 0 Å². The molecule has 0 bridgehead atoms. The molecule has 0 aliphatic rings. The average molecular weight is 411 g/mol. The minimum absolute atomic E-state index is 0.0166. The Morgan fingerprint density at radius 2 is 1.79 bits per heavy atom. The van der Waals surface area contributed by atoms with Gasteiger partial charge in [0.2, 0.25) is 0 Å². The highest BCUT2D eigenvalue weighted by molar-refractivity contribution is 5.90. The fourth-order valence-electron chi connectivity index (χ4n) is 3.51. The van der Waals surface area contributed by atoms with E-state index in [2.05, 4.69) is 15.5 Å². The monoisotopic (exact) mass is 411 g/mol. The number of phenolic OH excluding ortho intramolecular Hbond substituents is 1. The Labute approximate surface area is 164 Å². The summed E-state index contributed by atoms with van der Waals surface area (Å²) in [6.45, 7) is 1.99. The van der Waals surface area contributed by atoms with Crippen molar-refractivity contribution in [2.45, 2.75) is 37.5 Å². The summed E-state index contributed by atoms with van der Waals surface area (Å²) >= 11 is 0. The summed E-state index contributed by atoms with van der Waals surface area (Å²) in [7, 11) is 0. The van der Waals surface area contributed by atoms with Crippen molar-refractivity contribution >= 4 is 16.6 Å². The Balaban J connectivity index is 1.90. The van der Waals surface area contributed by atoms with Gasteiger partial charge in [-0.2, -0.15) is 18.3 Å². The molecule has 0 amide bonds. The maximum atomic E-state index is 13.8. The third kappa shape index (κ3) is 4.00. The van der Waals surface area contributed by atoms with Gasteiger partial charge in [-0.05, 0) is 30.0 Å². The number of aromatic nitrogens is 2. The topological polar surface area (TPSA) is 81.2 Å². The summed E-state index contributed by atoms with van der Waals surface area (Å²) in [5.74, 6) is -1.66. The molecule has 1 unspecified atom stereocenters. The number of alkyl halides is 3. The van der Waals surface area contributed by atoms with Crippen LogP contribution in [0.2, 0.25) is 0 Å². The third-order valence-corrected chi connectivity index (χ3v) is 5.03.